The average Bonchev–Trinajstić information content (AvgIpc) is 3.21. The van der Waals surface area contributed by atoms with Gasteiger partial charge in [-0.2, -0.15) is 0 Å². The molecule has 1 spiro atoms. The van der Waals surface area contributed by atoms with Gasteiger partial charge in [0.05, 0.1) is 6.10 Å². The highest BCUT2D eigenvalue weighted by atomic mass is 16.8. The van der Waals surface area contributed by atoms with E-state index in [-0.39, 0.29) is 23.2 Å². The SMILES string of the molecule is C=CC(=C)CC[C@]1(C)[C@H](C)C[C@H](OC(=O)CCCCCCCCC)[C@@]23C(=C[C@H](O)C[C@@H]12)[C@@H](OC(C)=O)O[C@H]3OC(C)=O. The maximum Gasteiger partial charge on any atom is 0.306 e. The number of carbonyl (C=O) groups is 3. The molecular weight excluding hydrogens is 536 g/mol. The van der Waals surface area contributed by atoms with Gasteiger partial charge in [-0.1, -0.05) is 84.1 Å². The van der Waals surface area contributed by atoms with Crippen LogP contribution in [0.5, 0.6) is 0 Å². The van der Waals surface area contributed by atoms with E-state index in [9.17, 15) is 19.5 Å². The quantitative estimate of drug-likeness (QED) is 0.0739. The van der Waals surface area contributed by atoms with Crippen molar-refractivity contribution in [3.63, 3.8) is 0 Å². The fourth-order valence-electron chi connectivity index (χ4n) is 7.50. The van der Waals surface area contributed by atoms with Crippen LogP contribution in [-0.4, -0.2) is 47.8 Å². The van der Waals surface area contributed by atoms with Gasteiger partial charge in [-0.15, -0.1) is 0 Å². The lowest BCUT2D eigenvalue weighted by Gasteiger charge is -2.60. The monoisotopic (exact) mass is 588 g/mol. The molecule has 0 aromatic heterocycles. The topological polar surface area (TPSA) is 108 Å². The van der Waals surface area contributed by atoms with Crippen molar-refractivity contribution in [2.24, 2.45) is 22.7 Å². The van der Waals surface area contributed by atoms with Gasteiger partial charge in [-0.25, -0.2) is 0 Å². The Morgan fingerprint density at radius 2 is 1.67 bits per heavy atom. The Hall–Kier alpha value is -2.45. The molecule has 0 bridgehead atoms. The largest absolute Gasteiger partial charge is 0.461 e. The number of aliphatic hydroxyl groups excluding tert-OH is 1. The number of rotatable bonds is 15. The van der Waals surface area contributed by atoms with E-state index >= 15 is 0 Å². The molecule has 1 N–H and O–H groups in total. The summed E-state index contributed by atoms with van der Waals surface area (Å²) in [6.45, 7) is 17.1. The lowest BCUT2D eigenvalue weighted by atomic mass is 9.45. The van der Waals surface area contributed by atoms with Crippen LogP contribution in [0, 0.1) is 22.7 Å². The summed E-state index contributed by atoms with van der Waals surface area (Å²) >= 11 is 0. The first kappa shape index (κ1) is 34.0. The van der Waals surface area contributed by atoms with Crippen LogP contribution in [0.2, 0.25) is 0 Å². The zero-order valence-corrected chi connectivity index (χ0v) is 26.3. The van der Waals surface area contributed by atoms with Gasteiger partial charge < -0.3 is 19.3 Å². The number of hydrogen-bond acceptors (Lipinski definition) is 8. The van der Waals surface area contributed by atoms with E-state index in [0.717, 1.165) is 31.3 Å². The Morgan fingerprint density at radius 1 is 1.02 bits per heavy atom. The molecule has 8 atom stereocenters. The highest BCUT2D eigenvalue weighted by molar-refractivity contribution is 5.70. The summed E-state index contributed by atoms with van der Waals surface area (Å²) in [4.78, 5) is 37.9. The van der Waals surface area contributed by atoms with Crippen molar-refractivity contribution in [2.75, 3.05) is 0 Å². The molecule has 1 heterocycles. The van der Waals surface area contributed by atoms with Crippen molar-refractivity contribution in [1.29, 1.82) is 0 Å². The third-order valence-electron chi connectivity index (χ3n) is 9.92. The highest BCUT2D eigenvalue weighted by Crippen LogP contribution is 2.67. The van der Waals surface area contributed by atoms with Crippen LogP contribution in [0.3, 0.4) is 0 Å². The molecule has 1 saturated heterocycles. The van der Waals surface area contributed by atoms with Gasteiger partial charge in [0.25, 0.3) is 0 Å². The van der Waals surface area contributed by atoms with E-state index in [0.29, 0.717) is 31.3 Å². The molecule has 1 saturated carbocycles. The molecular formula is C34H52O8. The van der Waals surface area contributed by atoms with Crippen LogP contribution in [-0.2, 0) is 33.3 Å². The number of aliphatic hydroxyl groups is 1. The molecule has 0 radical (unpaired) electrons. The summed E-state index contributed by atoms with van der Waals surface area (Å²) in [7, 11) is 0. The van der Waals surface area contributed by atoms with E-state index in [4.69, 9.17) is 18.9 Å². The summed E-state index contributed by atoms with van der Waals surface area (Å²) < 4.78 is 23.9. The predicted molar refractivity (Wildman–Crippen MR) is 160 cm³/mol. The molecule has 8 heteroatoms. The summed E-state index contributed by atoms with van der Waals surface area (Å²) in [5.41, 5.74) is -0.106. The van der Waals surface area contributed by atoms with Crippen molar-refractivity contribution < 1.29 is 38.4 Å². The van der Waals surface area contributed by atoms with E-state index < -0.39 is 42.1 Å². The second kappa shape index (κ2) is 14.8. The summed E-state index contributed by atoms with van der Waals surface area (Å²) in [5.74, 6) is -1.67. The minimum atomic E-state index is -1.17. The van der Waals surface area contributed by atoms with Crippen LogP contribution < -0.4 is 0 Å². The van der Waals surface area contributed by atoms with Crippen LogP contribution in [0.25, 0.3) is 0 Å². The maximum absolute atomic E-state index is 13.3. The Labute approximate surface area is 251 Å². The molecule has 0 aromatic rings. The molecule has 0 unspecified atom stereocenters. The van der Waals surface area contributed by atoms with Crippen LogP contribution in [0.15, 0.2) is 36.5 Å². The fourth-order valence-corrected chi connectivity index (χ4v) is 7.50. The third-order valence-corrected chi connectivity index (χ3v) is 9.92. The van der Waals surface area contributed by atoms with Gasteiger partial charge >= 0.3 is 17.9 Å². The van der Waals surface area contributed by atoms with Crippen molar-refractivity contribution in [1.82, 2.24) is 0 Å². The minimum Gasteiger partial charge on any atom is -0.461 e. The van der Waals surface area contributed by atoms with Gasteiger partial charge in [0.1, 0.15) is 11.5 Å². The molecule has 2 aliphatic carbocycles. The Bertz CT molecular complexity index is 1030. The molecule has 236 valence electrons. The van der Waals surface area contributed by atoms with E-state index in [1.54, 1.807) is 12.2 Å². The zero-order chi connectivity index (χ0) is 31.1. The van der Waals surface area contributed by atoms with E-state index in [1.807, 2.05) is 0 Å². The predicted octanol–water partition coefficient (Wildman–Crippen LogP) is 6.71. The highest BCUT2D eigenvalue weighted by Gasteiger charge is 2.72. The van der Waals surface area contributed by atoms with Crippen molar-refractivity contribution in [3.8, 4) is 0 Å². The van der Waals surface area contributed by atoms with E-state index in [1.165, 1.54) is 39.5 Å². The molecule has 0 amide bonds. The fraction of sp³-hybridized carbons (Fsp3) is 0.735. The second-order valence-electron chi connectivity index (χ2n) is 12.8. The van der Waals surface area contributed by atoms with Gasteiger partial charge in [0.2, 0.25) is 12.6 Å². The molecule has 0 aromatic carbocycles. The molecule has 2 fully saturated rings. The standard InChI is InChI=1S/C34H52O8/c1-8-10-11-12-13-14-15-16-30(38)41-29-19-23(4)33(7,18-17-22(3)9-2)28-21-26(37)20-27-31(39-24(5)35)42-32(34(27,28)29)40-25(6)36/h9,20,23,26,28-29,31-32,37H,2-3,8,10-19,21H2,1,4-7H3/t23-,26+,28+,29+,31+,32-,33-,34-/m1/s1. The first-order chi connectivity index (χ1) is 19.9. The number of hydrogen-bond donors (Lipinski definition) is 1. The van der Waals surface area contributed by atoms with Crippen LogP contribution in [0.4, 0.5) is 0 Å². The summed E-state index contributed by atoms with van der Waals surface area (Å²) in [6.07, 6.45) is 9.69. The molecule has 42 heavy (non-hydrogen) atoms. The average molecular weight is 589 g/mol. The molecule has 3 rings (SSSR count). The Kier molecular flexibility index (Phi) is 12.0. The summed E-state index contributed by atoms with van der Waals surface area (Å²) in [5, 5.41) is 11.1. The first-order valence-electron chi connectivity index (χ1n) is 15.8. The van der Waals surface area contributed by atoms with E-state index in [2.05, 4.69) is 33.9 Å². The lowest BCUT2D eigenvalue weighted by molar-refractivity contribution is -0.257. The Balaban J connectivity index is 2.00. The zero-order valence-electron chi connectivity index (χ0n) is 26.3. The lowest BCUT2D eigenvalue weighted by Crippen LogP contribution is -2.63. The van der Waals surface area contributed by atoms with Crippen LogP contribution >= 0.6 is 0 Å². The summed E-state index contributed by atoms with van der Waals surface area (Å²) in [6, 6.07) is 0. The number of ether oxygens (including phenoxy) is 4. The van der Waals surface area contributed by atoms with Gasteiger partial charge in [-0.3, -0.25) is 19.1 Å². The maximum atomic E-state index is 13.3. The molecule has 3 aliphatic rings. The normalized spacial score (nSPS) is 33.5. The smallest absolute Gasteiger partial charge is 0.306 e. The van der Waals surface area contributed by atoms with Crippen molar-refractivity contribution in [2.45, 2.75) is 136 Å². The number of allylic oxidation sites excluding steroid dienone is 2. The van der Waals surface area contributed by atoms with Gasteiger partial charge in [-0.05, 0) is 55.4 Å². The minimum absolute atomic E-state index is 0.0828. The van der Waals surface area contributed by atoms with Crippen LogP contribution in [0.1, 0.15) is 112 Å². The van der Waals surface area contributed by atoms with Gasteiger partial charge in [0, 0.05) is 25.8 Å². The first-order valence-corrected chi connectivity index (χ1v) is 15.8. The van der Waals surface area contributed by atoms with Crippen molar-refractivity contribution >= 4 is 17.9 Å². The number of esters is 3. The second-order valence-corrected chi connectivity index (χ2v) is 12.8. The Morgan fingerprint density at radius 3 is 2.29 bits per heavy atom. The van der Waals surface area contributed by atoms with Crippen molar-refractivity contribution in [3.05, 3.63) is 36.5 Å². The third kappa shape index (κ3) is 7.36. The molecule has 1 aliphatic heterocycles. The molecule has 8 nitrogen and oxygen atoms in total. The van der Waals surface area contributed by atoms with Gasteiger partial charge in [0.15, 0.2) is 0 Å². The number of carbonyl (C=O) groups excluding carboxylic acids is 3. The number of unbranched alkanes of at least 4 members (excludes halogenated alkanes) is 6.